The fraction of sp³-hybridized carbons (Fsp3) is 0.286. The summed E-state index contributed by atoms with van der Waals surface area (Å²) in [5, 5.41) is 6.71. The number of nitrogens with one attached hydrogen (secondary N) is 1. The van der Waals surface area contributed by atoms with Gasteiger partial charge < -0.3 is 15.6 Å². The molecule has 0 unspecified atom stereocenters. The Bertz CT molecular complexity index is 598. The number of nitrogen functional groups attached to an aromatic ring is 1. The molecule has 5 heteroatoms. The van der Waals surface area contributed by atoms with Gasteiger partial charge in [0.2, 0.25) is 0 Å². The second kappa shape index (κ2) is 5.14. The van der Waals surface area contributed by atoms with Gasteiger partial charge in [0.1, 0.15) is 5.76 Å². The Hall–Kier alpha value is -2.30. The second-order valence-corrected chi connectivity index (χ2v) is 4.51. The molecule has 0 aliphatic heterocycles. The minimum absolute atomic E-state index is 0.148. The number of rotatable bonds is 3. The highest BCUT2D eigenvalue weighted by molar-refractivity contribution is 5.96. The Labute approximate surface area is 111 Å². The van der Waals surface area contributed by atoms with Gasteiger partial charge in [-0.25, -0.2) is 0 Å². The van der Waals surface area contributed by atoms with Crippen molar-refractivity contribution < 1.29 is 9.32 Å². The highest BCUT2D eigenvalue weighted by atomic mass is 16.5. The minimum atomic E-state index is -0.148. The molecular formula is C14H17N3O2. The van der Waals surface area contributed by atoms with Gasteiger partial charge in [0, 0.05) is 23.4 Å². The predicted molar refractivity (Wildman–Crippen MR) is 72.7 cm³/mol. The van der Waals surface area contributed by atoms with Crippen LogP contribution in [0.3, 0.4) is 0 Å². The fourth-order valence-corrected chi connectivity index (χ4v) is 1.92. The molecule has 1 aromatic carbocycles. The SMILES string of the molecule is Cc1noc(C)c1CNC(=O)c1cccc(N)c1C. The number of hydrogen-bond acceptors (Lipinski definition) is 4. The molecular weight excluding hydrogens is 242 g/mol. The Morgan fingerprint density at radius 1 is 1.37 bits per heavy atom. The van der Waals surface area contributed by atoms with Crippen molar-refractivity contribution >= 4 is 11.6 Å². The molecule has 0 radical (unpaired) electrons. The normalized spacial score (nSPS) is 10.5. The highest BCUT2D eigenvalue weighted by Crippen LogP contribution is 2.16. The van der Waals surface area contributed by atoms with E-state index < -0.39 is 0 Å². The zero-order valence-corrected chi connectivity index (χ0v) is 11.3. The smallest absolute Gasteiger partial charge is 0.251 e. The van der Waals surface area contributed by atoms with Gasteiger partial charge in [0.05, 0.1) is 5.69 Å². The summed E-state index contributed by atoms with van der Waals surface area (Å²) in [6.45, 7) is 5.91. The summed E-state index contributed by atoms with van der Waals surface area (Å²) >= 11 is 0. The number of hydrogen-bond donors (Lipinski definition) is 2. The molecule has 1 amide bonds. The molecule has 0 atom stereocenters. The number of aromatic nitrogens is 1. The maximum atomic E-state index is 12.1. The molecule has 0 saturated heterocycles. The quantitative estimate of drug-likeness (QED) is 0.827. The number of amides is 1. The van der Waals surface area contributed by atoms with E-state index in [1.165, 1.54) is 0 Å². The minimum Gasteiger partial charge on any atom is -0.398 e. The molecule has 0 saturated carbocycles. The van der Waals surface area contributed by atoms with E-state index in [9.17, 15) is 4.79 Å². The first-order valence-corrected chi connectivity index (χ1v) is 6.05. The van der Waals surface area contributed by atoms with Crippen molar-refractivity contribution in [3.63, 3.8) is 0 Å². The van der Waals surface area contributed by atoms with E-state index in [1.807, 2.05) is 20.8 Å². The van der Waals surface area contributed by atoms with Crippen molar-refractivity contribution in [1.29, 1.82) is 0 Å². The van der Waals surface area contributed by atoms with Crippen molar-refractivity contribution in [2.75, 3.05) is 5.73 Å². The molecule has 0 bridgehead atoms. The standard InChI is InChI=1S/C14H17N3O2/c1-8-11(5-4-6-13(8)15)14(18)16-7-12-9(2)17-19-10(12)3/h4-6H,7,15H2,1-3H3,(H,16,18). The molecule has 19 heavy (non-hydrogen) atoms. The third kappa shape index (κ3) is 2.59. The van der Waals surface area contributed by atoms with Crippen molar-refractivity contribution in [3.05, 3.63) is 46.3 Å². The lowest BCUT2D eigenvalue weighted by molar-refractivity contribution is 0.0950. The average molecular weight is 259 g/mol. The van der Waals surface area contributed by atoms with Gasteiger partial charge in [-0.15, -0.1) is 0 Å². The fourth-order valence-electron chi connectivity index (χ4n) is 1.92. The largest absolute Gasteiger partial charge is 0.398 e. The number of benzene rings is 1. The zero-order chi connectivity index (χ0) is 14.0. The maximum absolute atomic E-state index is 12.1. The summed E-state index contributed by atoms with van der Waals surface area (Å²) in [5.74, 6) is 0.576. The van der Waals surface area contributed by atoms with Gasteiger partial charge in [0.25, 0.3) is 5.91 Å². The molecule has 100 valence electrons. The Balaban J connectivity index is 2.12. The number of nitrogens with two attached hydrogens (primary N) is 1. The predicted octanol–water partition coefficient (Wildman–Crippen LogP) is 2.11. The first kappa shape index (κ1) is 13.1. The molecule has 2 aromatic rings. The number of anilines is 1. The highest BCUT2D eigenvalue weighted by Gasteiger charge is 2.13. The van der Waals surface area contributed by atoms with Crippen LogP contribution in [0.5, 0.6) is 0 Å². The van der Waals surface area contributed by atoms with Crippen molar-refractivity contribution in [1.82, 2.24) is 10.5 Å². The van der Waals surface area contributed by atoms with E-state index in [0.717, 1.165) is 22.6 Å². The van der Waals surface area contributed by atoms with Gasteiger partial charge in [-0.2, -0.15) is 0 Å². The molecule has 1 aromatic heterocycles. The zero-order valence-electron chi connectivity index (χ0n) is 11.3. The van der Waals surface area contributed by atoms with Crippen LogP contribution in [0.1, 0.15) is 32.9 Å². The number of aryl methyl sites for hydroxylation is 2. The number of carbonyl (C=O) groups excluding carboxylic acids is 1. The summed E-state index contributed by atoms with van der Waals surface area (Å²) in [6, 6.07) is 5.31. The van der Waals surface area contributed by atoms with E-state index in [4.69, 9.17) is 10.3 Å². The van der Waals surface area contributed by atoms with Gasteiger partial charge >= 0.3 is 0 Å². The first-order chi connectivity index (χ1) is 9.00. The topological polar surface area (TPSA) is 81.2 Å². The monoisotopic (exact) mass is 259 g/mol. The molecule has 0 aliphatic carbocycles. The molecule has 0 fully saturated rings. The van der Waals surface area contributed by atoms with Crippen molar-refractivity contribution in [2.24, 2.45) is 0 Å². The lowest BCUT2D eigenvalue weighted by Gasteiger charge is -2.09. The van der Waals surface area contributed by atoms with E-state index in [2.05, 4.69) is 10.5 Å². The van der Waals surface area contributed by atoms with E-state index in [0.29, 0.717) is 17.8 Å². The summed E-state index contributed by atoms with van der Waals surface area (Å²) < 4.78 is 5.05. The van der Waals surface area contributed by atoms with Crippen molar-refractivity contribution in [3.8, 4) is 0 Å². The van der Waals surface area contributed by atoms with Crippen LogP contribution in [-0.2, 0) is 6.54 Å². The van der Waals surface area contributed by atoms with Crippen LogP contribution in [-0.4, -0.2) is 11.1 Å². The van der Waals surface area contributed by atoms with Crippen LogP contribution >= 0.6 is 0 Å². The molecule has 3 N–H and O–H groups in total. The third-order valence-electron chi connectivity index (χ3n) is 3.23. The number of carbonyl (C=O) groups is 1. The molecule has 5 nitrogen and oxygen atoms in total. The summed E-state index contributed by atoms with van der Waals surface area (Å²) in [4.78, 5) is 12.1. The van der Waals surface area contributed by atoms with Gasteiger partial charge in [-0.3, -0.25) is 4.79 Å². The first-order valence-electron chi connectivity index (χ1n) is 6.05. The summed E-state index contributed by atoms with van der Waals surface area (Å²) in [5.41, 5.74) is 9.49. The molecule has 2 rings (SSSR count). The van der Waals surface area contributed by atoms with Crippen LogP contribution in [0.15, 0.2) is 22.7 Å². The maximum Gasteiger partial charge on any atom is 0.251 e. The van der Waals surface area contributed by atoms with Crippen LogP contribution in [0.2, 0.25) is 0 Å². The summed E-state index contributed by atoms with van der Waals surface area (Å²) in [7, 11) is 0. The van der Waals surface area contributed by atoms with Gasteiger partial charge in [-0.05, 0) is 38.5 Å². The van der Waals surface area contributed by atoms with Crippen LogP contribution in [0.25, 0.3) is 0 Å². The van der Waals surface area contributed by atoms with E-state index >= 15 is 0 Å². The van der Waals surface area contributed by atoms with Crippen LogP contribution in [0, 0.1) is 20.8 Å². The third-order valence-corrected chi connectivity index (χ3v) is 3.23. The van der Waals surface area contributed by atoms with Crippen LogP contribution in [0.4, 0.5) is 5.69 Å². The molecule has 0 spiro atoms. The second-order valence-electron chi connectivity index (χ2n) is 4.51. The molecule has 0 aliphatic rings. The van der Waals surface area contributed by atoms with Crippen molar-refractivity contribution in [2.45, 2.75) is 27.3 Å². The Morgan fingerprint density at radius 2 is 2.11 bits per heavy atom. The lowest BCUT2D eigenvalue weighted by atomic mass is 10.1. The Morgan fingerprint density at radius 3 is 2.74 bits per heavy atom. The van der Waals surface area contributed by atoms with E-state index in [-0.39, 0.29) is 5.91 Å². The van der Waals surface area contributed by atoms with Gasteiger partial charge in [-0.1, -0.05) is 11.2 Å². The molecule has 1 heterocycles. The average Bonchev–Trinajstić information content (AvgIpc) is 2.70. The number of nitrogens with zero attached hydrogens (tertiary/aromatic N) is 1. The lowest BCUT2D eigenvalue weighted by Crippen LogP contribution is -2.24. The van der Waals surface area contributed by atoms with E-state index in [1.54, 1.807) is 18.2 Å². The summed E-state index contributed by atoms with van der Waals surface area (Å²) in [6.07, 6.45) is 0. The Kier molecular flexibility index (Phi) is 3.55. The van der Waals surface area contributed by atoms with Crippen LogP contribution < -0.4 is 11.1 Å². The van der Waals surface area contributed by atoms with Gasteiger partial charge in [0.15, 0.2) is 0 Å².